The molecule has 0 spiro atoms. The van der Waals surface area contributed by atoms with Gasteiger partial charge >= 0.3 is 0 Å². The first-order valence-electron chi connectivity index (χ1n) is 10.1. The molecule has 0 radical (unpaired) electrons. The zero-order chi connectivity index (χ0) is 21.1. The normalized spacial score (nSPS) is 16.0. The van der Waals surface area contributed by atoms with Crippen molar-refractivity contribution in [1.29, 1.82) is 0 Å². The molecule has 0 N–H and O–H groups in total. The number of benzene rings is 2. The molecule has 2 aromatic carbocycles. The second-order valence-corrected chi connectivity index (χ2v) is 8.40. The van der Waals surface area contributed by atoms with Gasteiger partial charge in [-0.15, -0.1) is 0 Å². The molecule has 0 bridgehead atoms. The van der Waals surface area contributed by atoms with Crippen LogP contribution < -0.4 is 14.4 Å². The molecule has 1 aliphatic rings. The van der Waals surface area contributed by atoms with Crippen molar-refractivity contribution in [1.82, 2.24) is 4.98 Å². The molecule has 6 nitrogen and oxygen atoms in total. The van der Waals surface area contributed by atoms with Crippen molar-refractivity contribution in [3.8, 4) is 11.5 Å². The van der Waals surface area contributed by atoms with Gasteiger partial charge in [-0.1, -0.05) is 29.5 Å². The molecule has 1 amide bonds. The van der Waals surface area contributed by atoms with E-state index < -0.39 is 0 Å². The van der Waals surface area contributed by atoms with Crippen LogP contribution in [0.1, 0.15) is 24.0 Å². The summed E-state index contributed by atoms with van der Waals surface area (Å²) in [5.41, 5.74) is 2.86. The predicted molar refractivity (Wildman–Crippen MR) is 119 cm³/mol. The van der Waals surface area contributed by atoms with Gasteiger partial charge in [-0.05, 0) is 49.1 Å². The lowest BCUT2D eigenvalue weighted by atomic mass is 10.1. The highest BCUT2D eigenvalue weighted by molar-refractivity contribution is 7.22. The Balaban J connectivity index is 1.65. The Morgan fingerprint density at radius 1 is 1.20 bits per heavy atom. The lowest BCUT2D eigenvalue weighted by molar-refractivity contribution is -0.118. The SMILES string of the molecule is COc1ccc(CC(=O)N(CC2CCCO2)c2nc3c(OC)ccc(C)c3s2)cc1. The molecule has 1 aliphatic heterocycles. The third-order valence-electron chi connectivity index (χ3n) is 5.37. The van der Waals surface area contributed by atoms with Crippen molar-refractivity contribution in [3.05, 3.63) is 47.5 Å². The molecule has 158 valence electrons. The number of carbonyl (C=O) groups excluding carboxylic acids is 1. The fourth-order valence-electron chi connectivity index (χ4n) is 3.67. The fraction of sp³-hybridized carbons (Fsp3) is 0.391. The van der Waals surface area contributed by atoms with Crippen molar-refractivity contribution in [3.63, 3.8) is 0 Å². The van der Waals surface area contributed by atoms with Gasteiger partial charge in [0.2, 0.25) is 5.91 Å². The Hall–Kier alpha value is -2.64. The van der Waals surface area contributed by atoms with Gasteiger partial charge in [-0.25, -0.2) is 4.98 Å². The van der Waals surface area contributed by atoms with E-state index in [1.807, 2.05) is 43.3 Å². The first kappa shape index (κ1) is 20.6. The van der Waals surface area contributed by atoms with Gasteiger partial charge in [0.25, 0.3) is 0 Å². The van der Waals surface area contributed by atoms with Gasteiger partial charge in [-0.3, -0.25) is 9.69 Å². The number of nitrogens with zero attached hydrogens (tertiary/aromatic N) is 2. The molecule has 0 saturated carbocycles. The Kier molecular flexibility index (Phi) is 6.20. The Bertz CT molecular complexity index is 1030. The average Bonchev–Trinajstić information content (AvgIpc) is 3.43. The van der Waals surface area contributed by atoms with Gasteiger partial charge in [0.05, 0.1) is 38.0 Å². The van der Waals surface area contributed by atoms with Crippen LogP contribution in [-0.2, 0) is 16.0 Å². The number of aromatic nitrogens is 1. The lowest BCUT2D eigenvalue weighted by Gasteiger charge is -2.23. The molecule has 1 unspecified atom stereocenters. The molecular formula is C23H26N2O4S. The van der Waals surface area contributed by atoms with Crippen LogP contribution in [0.4, 0.5) is 5.13 Å². The number of rotatable bonds is 7. The Morgan fingerprint density at radius 3 is 2.67 bits per heavy atom. The summed E-state index contributed by atoms with van der Waals surface area (Å²) >= 11 is 1.53. The predicted octanol–water partition coefficient (Wildman–Crippen LogP) is 4.38. The van der Waals surface area contributed by atoms with Gasteiger partial charge in [0.1, 0.15) is 17.0 Å². The minimum absolute atomic E-state index is 0.00587. The first-order chi connectivity index (χ1) is 14.6. The van der Waals surface area contributed by atoms with Crippen molar-refractivity contribution in [2.24, 2.45) is 0 Å². The van der Waals surface area contributed by atoms with Crippen molar-refractivity contribution in [2.75, 3.05) is 32.3 Å². The minimum Gasteiger partial charge on any atom is -0.497 e. The third kappa shape index (κ3) is 4.27. The summed E-state index contributed by atoms with van der Waals surface area (Å²) in [7, 11) is 3.27. The highest BCUT2D eigenvalue weighted by atomic mass is 32.1. The van der Waals surface area contributed by atoms with Crippen LogP contribution in [0.25, 0.3) is 10.2 Å². The number of anilines is 1. The monoisotopic (exact) mass is 426 g/mol. The number of methoxy groups -OCH3 is 2. The maximum absolute atomic E-state index is 13.3. The van der Waals surface area contributed by atoms with Crippen molar-refractivity contribution >= 4 is 32.6 Å². The third-order valence-corrected chi connectivity index (χ3v) is 6.58. The highest BCUT2D eigenvalue weighted by Crippen LogP contribution is 2.37. The molecule has 1 aromatic heterocycles. The molecule has 1 saturated heterocycles. The zero-order valence-corrected chi connectivity index (χ0v) is 18.3. The van der Waals surface area contributed by atoms with E-state index in [2.05, 4.69) is 0 Å². The van der Waals surface area contributed by atoms with Gasteiger partial charge in [0.15, 0.2) is 5.13 Å². The first-order valence-corrected chi connectivity index (χ1v) is 10.9. The highest BCUT2D eigenvalue weighted by Gasteiger charge is 2.27. The second-order valence-electron chi connectivity index (χ2n) is 7.42. The average molecular weight is 427 g/mol. The largest absolute Gasteiger partial charge is 0.497 e. The van der Waals surface area contributed by atoms with Crippen LogP contribution in [-0.4, -0.2) is 44.4 Å². The van der Waals surface area contributed by atoms with E-state index >= 15 is 0 Å². The van der Waals surface area contributed by atoms with Crippen LogP contribution in [0.15, 0.2) is 36.4 Å². The van der Waals surface area contributed by atoms with Gasteiger partial charge in [-0.2, -0.15) is 0 Å². The Morgan fingerprint density at radius 2 is 2.00 bits per heavy atom. The van der Waals surface area contributed by atoms with E-state index in [0.717, 1.165) is 52.3 Å². The molecule has 4 rings (SSSR count). The van der Waals surface area contributed by atoms with E-state index in [-0.39, 0.29) is 12.0 Å². The summed E-state index contributed by atoms with van der Waals surface area (Å²) in [5.74, 6) is 1.50. The van der Waals surface area contributed by atoms with E-state index in [9.17, 15) is 4.79 Å². The van der Waals surface area contributed by atoms with Crippen molar-refractivity contribution in [2.45, 2.75) is 32.3 Å². The number of hydrogen-bond donors (Lipinski definition) is 0. The van der Waals surface area contributed by atoms with Crippen LogP contribution in [0.5, 0.6) is 11.5 Å². The topological polar surface area (TPSA) is 60.9 Å². The summed E-state index contributed by atoms with van der Waals surface area (Å²) in [6.45, 7) is 3.31. The molecule has 1 fully saturated rings. The van der Waals surface area contributed by atoms with Crippen LogP contribution in [0.2, 0.25) is 0 Å². The fourth-order valence-corrected chi connectivity index (χ4v) is 4.75. The molecule has 2 heterocycles. The number of thiazole rings is 1. The molecule has 3 aromatic rings. The van der Waals surface area contributed by atoms with Gasteiger partial charge in [0, 0.05) is 6.61 Å². The van der Waals surface area contributed by atoms with Crippen LogP contribution >= 0.6 is 11.3 Å². The number of carbonyl (C=O) groups is 1. The number of ether oxygens (including phenoxy) is 3. The zero-order valence-electron chi connectivity index (χ0n) is 17.5. The lowest BCUT2D eigenvalue weighted by Crippen LogP contribution is -2.38. The van der Waals surface area contributed by atoms with Gasteiger partial charge < -0.3 is 14.2 Å². The molecule has 1 atom stereocenters. The smallest absolute Gasteiger partial charge is 0.233 e. The summed E-state index contributed by atoms with van der Waals surface area (Å²) in [6, 6.07) is 11.5. The maximum atomic E-state index is 13.3. The number of fused-ring (bicyclic) bond motifs is 1. The van der Waals surface area contributed by atoms with E-state index in [1.54, 1.807) is 19.1 Å². The maximum Gasteiger partial charge on any atom is 0.233 e. The molecule has 30 heavy (non-hydrogen) atoms. The van der Waals surface area contributed by atoms with E-state index in [0.29, 0.717) is 18.1 Å². The summed E-state index contributed by atoms with van der Waals surface area (Å²) in [5, 5.41) is 0.687. The minimum atomic E-state index is 0.00587. The number of hydrogen-bond acceptors (Lipinski definition) is 6. The molecule has 7 heteroatoms. The summed E-state index contributed by atoms with van der Waals surface area (Å²) in [6.07, 6.45) is 2.32. The standard InChI is InChI=1S/C23H26N2O4S/c1-15-6-11-19(28-3)21-22(15)30-23(24-21)25(14-18-5-4-12-29-18)20(26)13-16-7-9-17(27-2)10-8-16/h6-11,18H,4-5,12-14H2,1-3H3. The van der Waals surface area contributed by atoms with Crippen LogP contribution in [0.3, 0.4) is 0 Å². The van der Waals surface area contributed by atoms with Crippen molar-refractivity contribution < 1.29 is 19.0 Å². The second kappa shape index (κ2) is 9.02. The Labute approximate surface area is 180 Å². The van der Waals surface area contributed by atoms with E-state index in [1.165, 1.54) is 11.3 Å². The quantitative estimate of drug-likeness (QED) is 0.561. The molecular weight excluding hydrogens is 400 g/mol. The van der Waals surface area contributed by atoms with Crippen LogP contribution in [0, 0.1) is 6.92 Å². The summed E-state index contributed by atoms with van der Waals surface area (Å²) < 4.78 is 17.6. The summed E-state index contributed by atoms with van der Waals surface area (Å²) in [4.78, 5) is 19.9. The molecule has 0 aliphatic carbocycles. The number of aryl methyl sites for hydroxylation is 1. The number of amides is 1. The van der Waals surface area contributed by atoms with E-state index in [4.69, 9.17) is 19.2 Å².